The minimum absolute atomic E-state index is 0.148. The molecule has 0 saturated heterocycles. The van der Waals surface area contributed by atoms with E-state index in [1.165, 1.54) is 0 Å². The van der Waals surface area contributed by atoms with Crippen LogP contribution in [0, 0.1) is 5.41 Å². The Kier molecular flexibility index (Phi) is 4.73. The smallest absolute Gasteiger partial charge is 0.224 e. The first kappa shape index (κ1) is 14.5. The van der Waals surface area contributed by atoms with Crippen LogP contribution in [-0.4, -0.2) is 28.8 Å². The largest absolute Gasteiger partial charge is 0.508 e. The van der Waals surface area contributed by atoms with Gasteiger partial charge < -0.3 is 15.5 Å². The summed E-state index contributed by atoms with van der Waals surface area (Å²) >= 11 is 0. The summed E-state index contributed by atoms with van der Waals surface area (Å²) in [5.74, 6) is -0.0149. The van der Waals surface area contributed by atoms with E-state index in [0.29, 0.717) is 0 Å². The van der Waals surface area contributed by atoms with Crippen LogP contribution in [0.1, 0.15) is 26.3 Å². The summed E-state index contributed by atoms with van der Waals surface area (Å²) in [5, 5.41) is 21.8. The Morgan fingerprint density at radius 3 is 2.61 bits per heavy atom. The fraction of sp³-hybridized carbons (Fsp3) is 0.500. The van der Waals surface area contributed by atoms with E-state index in [-0.39, 0.29) is 30.0 Å². The Bertz CT molecular complexity index is 410. The molecular weight excluding hydrogens is 230 g/mol. The molecule has 1 rings (SSSR count). The normalized spacial score (nSPS) is 13.1. The molecule has 100 valence electrons. The monoisotopic (exact) mass is 251 g/mol. The van der Waals surface area contributed by atoms with Gasteiger partial charge in [-0.1, -0.05) is 32.9 Å². The molecule has 0 bridgehead atoms. The Morgan fingerprint density at radius 1 is 1.39 bits per heavy atom. The zero-order valence-corrected chi connectivity index (χ0v) is 11.1. The lowest BCUT2D eigenvalue weighted by molar-refractivity contribution is -0.121. The highest BCUT2D eigenvalue weighted by Gasteiger charge is 2.22. The van der Waals surface area contributed by atoms with Crippen LogP contribution in [-0.2, 0) is 11.2 Å². The maximum Gasteiger partial charge on any atom is 0.224 e. The molecule has 1 amide bonds. The molecule has 0 spiro atoms. The van der Waals surface area contributed by atoms with E-state index in [0.717, 1.165) is 5.56 Å². The Hall–Kier alpha value is -1.55. The summed E-state index contributed by atoms with van der Waals surface area (Å²) in [5.41, 5.74) is 0.496. The third-order valence-corrected chi connectivity index (χ3v) is 2.77. The quantitative estimate of drug-likeness (QED) is 0.758. The van der Waals surface area contributed by atoms with Gasteiger partial charge in [0.1, 0.15) is 5.75 Å². The number of nitrogens with one attached hydrogen (secondary N) is 1. The number of hydrogen-bond donors (Lipinski definition) is 3. The predicted molar refractivity (Wildman–Crippen MR) is 70.3 cm³/mol. The summed E-state index contributed by atoms with van der Waals surface area (Å²) in [6, 6.07) is 6.59. The van der Waals surface area contributed by atoms with E-state index in [9.17, 15) is 15.0 Å². The van der Waals surface area contributed by atoms with Gasteiger partial charge in [0.2, 0.25) is 5.91 Å². The molecule has 0 aliphatic carbocycles. The average Bonchev–Trinajstić information content (AvgIpc) is 2.24. The van der Waals surface area contributed by atoms with Gasteiger partial charge in [-0.3, -0.25) is 4.79 Å². The lowest BCUT2D eigenvalue weighted by Gasteiger charge is -2.25. The van der Waals surface area contributed by atoms with Crippen LogP contribution >= 0.6 is 0 Å². The van der Waals surface area contributed by atoms with Gasteiger partial charge in [-0.2, -0.15) is 0 Å². The molecule has 4 heteroatoms. The van der Waals surface area contributed by atoms with Crippen LogP contribution in [0.2, 0.25) is 0 Å². The Morgan fingerprint density at radius 2 is 2.06 bits per heavy atom. The number of carbonyl (C=O) groups excluding carboxylic acids is 1. The number of hydrogen-bond acceptors (Lipinski definition) is 3. The Labute approximate surface area is 108 Å². The van der Waals surface area contributed by atoms with Crippen LogP contribution in [0.5, 0.6) is 5.75 Å². The molecule has 1 unspecified atom stereocenters. The molecular formula is C14H21NO3. The van der Waals surface area contributed by atoms with Gasteiger partial charge in [-0.05, 0) is 23.1 Å². The van der Waals surface area contributed by atoms with Crippen LogP contribution in [0.15, 0.2) is 24.3 Å². The minimum Gasteiger partial charge on any atom is -0.508 e. The first-order chi connectivity index (χ1) is 8.29. The fourth-order valence-electron chi connectivity index (χ4n) is 1.43. The van der Waals surface area contributed by atoms with Crippen LogP contribution in [0.25, 0.3) is 0 Å². The number of benzene rings is 1. The maximum absolute atomic E-state index is 11.7. The van der Waals surface area contributed by atoms with Crippen molar-refractivity contribution in [3.05, 3.63) is 29.8 Å². The first-order valence-corrected chi connectivity index (χ1v) is 6.01. The SMILES string of the molecule is CC(C)(C)C(O)CNC(=O)Cc1cccc(O)c1. The standard InChI is InChI=1S/C14H21NO3/c1-14(2,3)12(17)9-15-13(18)8-10-5-4-6-11(16)7-10/h4-7,12,16-17H,8-9H2,1-3H3,(H,15,18). The van der Waals surface area contributed by atoms with Crippen molar-refractivity contribution in [1.29, 1.82) is 0 Å². The molecule has 0 saturated carbocycles. The van der Waals surface area contributed by atoms with Crippen molar-refractivity contribution in [3.63, 3.8) is 0 Å². The second kappa shape index (κ2) is 5.87. The van der Waals surface area contributed by atoms with E-state index < -0.39 is 6.10 Å². The number of rotatable bonds is 4. The predicted octanol–water partition coefficient (Wildman–Crippen LogP) is 1.46. The topological polar surface area (TPSA) is 69.6 Å². The minimum atomic E-state index is -0.578. The number of carbonyl (C=O) groups is 1. The van der Waals surface area contributed by atoms with E-state index >= 15 is 0 Å². The molecule has 0 radical (unpaired) electrons. The molecule has 18 heavy (non-hydrogen) atoms. The van der Waals surface area contributed by atoms with Crippen LogP contribution in [0.4, 0.5) is 0 Å². The van der Waals surface area contributed by atoms with Gasteiger partial charge in [0, 0.05) is 6.54 Å². The molecule has 0 aliphatic rings. The highest BCUT2D eigenvalue weighted by Crippen LogP contribution is 2.18. The van der Waals surface area contributed by atoms with Crippen molar-refractivity contribution in [3.8, 4) is 5.75 Å². The molecule has 0 aliphatic heterocycles. The summed E-state index contributed by atoms with van der Waals surface area (Å²) in [6.07, 6.45) is -0.378. The summed E-state index contributed by atoms with van der Waals surface area (Å²) in [4.78, 5) is 11.7. The van der Waals surface area contributed by atoms with Gasteiger partial charge in [-0.25, -0.2) is 0 Å². The molecule has 1 aromatic carbocycles. The number of aliphatic hydroxyl groups is 1. The lowest BCUT2D eigenvalue weighted by Crippen LogP contribution is -2.39. The molecule has 3 N–H and O–H groups in total. The van der Waals surface area contributed by atoms with E-state index in [4.69, 9.17) is 0 Å². The van der Waals surface area contributed by atoms with Gasteiger partial charge in [0.25, 0.3) is 0 Å². The van der Waals surface area contributed by atoms with E-state index in [2.05, 4.69) is 5.32 Å². The van der Waals surface area contributed by atoms with Crippen molar-refractivity contribution in [1.82, 2.24) is 5.32 Å². The Balaban J connectivity index is 2.43. The number of phenolic OH excluding ortho intramolecular Hbond substituents is 1. The van der Waals surface area contributed by atoms with E-state index in [1.54, 1.807) is 24.3 Å². The third-order valence-electron chi connectivity index (χ3n) is 2.77. The summed E-state index contributed by atoms with van der Waals surface area (Å²) in [6.45, 7) is 5.98. The fourth-order valence-corrected chi connectivity index (χ4v) is 1.43. The van der Waals surface area contributed by atoms with Crippen molar-refractivity contribution in [2.45, 2.75) is 33.3 Å². The van der Waals surface area contributed by atoms with Crippen molar-refractivity contribution in [2.24, 2.45) is 5.41 Å². The van der Waals surface area contributed by atoms with Crippen molar-refractivity contribution < 1.29 is 15.0 Å². The summed E-state index contributed by atoms with van der Waals surface area (Å²) < 4.78 is 0. The van der Waals surface area contributed by atoms with Crippen LogP contribution < -0.4 is 5.32 Å². The second-order valence-corrected chi connectivity index (χ2v) is 5.53. The zero-order valence-electron chi connectivity index (χ0n) is 11.1. The number of aliphatic hydroxyl groups excluding tert-OH is 1. The number of aromatic hydroxyl groups is 1. The zero-order chi connectivity index (χ0) is 13.8. The third kappa shape index (κ3) is 4.75. The highest BCUT2D eigenvalue weighted by molar-refractivity contribution is 5.78. The number of amides is 1. The summed E-state index contributed by atoms with van der Waals surface area (Å²) in [7, 11) is 0. The van der Waals surface area contributed by atoms with Gasteiger partial charge in [-0.15, -0.1) is 0 Å². The average molecular weight is 251 g/mol. The van der Waals surface area contributed by atoms with E-state index in [1.807, 2.05) is 20.8 Å². The first-order valence-electron chi connectivity index (χ1n) is 6.01. The maximum atomic E-state index is 11.7. The lowest BCUT2D eigenvalue weighted by atomic mass is 9.89. The second-order valence-electron chi connectivity index (χ2n) is 5.53. The molecule has 0 heterocycles. The van der Waals surface area contributed by atoms with Crippen LogP contribution in [0.3, 0.4) is 0 Å². The van der Waals surface area contributed by atoms with Gasteiger partial charge in [0.15, 0.2) is 0 Å². The van der Waals surface area contributed by atoms with Crippen molar-refractivity contribution in [2.75, 3.05) is 6.54 Å². The molecule has 1 atom stereocenters. The highest BCUT2D eigenvalue weighted by atomic mass is 16.3. The van der Waals surface area contributed by atoms with Crippen molar-refractivity contribution >= 4 is 5.91 Å². The molecule has 0 aromatic heterocycles. The number of phenols is 1. The molecule has 4 nitrogen and oxygen atoms in total. The molecule has 0 fully saturated rings. The molecule has 1 aromatic rings. The van der Waals surface area contributed by atoms with Gasteiger partial charge >= 0.3 is 0 Å². The van der Waals surface area contributed by atoms with Gasteiger partial charge in [0.05, 0.1) is 12.5 Å².